The summed E-state index contributed by atoms with van der Waals surface area (Å²) in [6.07, 6.45) is 6.41. The van der Waals surface area contributed by atoms with Crippen molar-refractivity contribution < 1.29 is 4.79 Å². The van der Waals surface area contributed by atoms with Gasteiger partial charge in [0.1, 0.15) is 0 Å². The van der Waals surface area contributed by atoms with Crippen molar-refractivity contribution in [2.24, 2.45) is 5.92 Å². The van der Waals surface area contributed by atoms with Crippen molar-refractivity contribution in [1.29, 1.82) is 0 Å². The first-order valence-corrected chi connectivity index (χ1v) is 5.17. The van der Waals surface area contributed by atoms with Gasteiger partial charge in [-0.1, -0.05) is 30.7 Å². The van der Waals surface area contributed by atoms with Gasteiger partial charge in [-0.05, 0) is 18.9 Å². The van der Waals surface area contributed by atoms with E-state index in [9.17, 15) is 4.79 Å². The van der Waals surface area contributed by atoms with Gasteiger partial charge in [-0.25, -0.2) is 0 Å². The highest BCUT2D eigenvalue weighted by atomic mass is 16.1. The van der Waals surface area contributed by atoms with Crippen molar-refractivity contribution in [3.63, 3.8) is 0 Å². The fourth-order valence-corrected chi connectivity index (χ4v) is 1.53. The third-order valence-electron chi connectivity index (χ3n) is 2.34. The van der Waals surface area contributed by atoms with E-state index in [1.165, 1.54) is 0 Å². The minimum atomic E-state index is 0.182. The molecule has 1 unspecified atom stereocenters. The first-order chi connectivity index (χ1) is 7.13. The van der Waals surface area contributed by atoms with Gasteiger partial charge < -0.3 is 0 Å². The Balaban J connectivity index is 2.66. The van der Waals surface area contributed by atoms with E-state index in [1.807, 2.05) is 38.1 Å². The number of hydrogen-bond donors (Lipinski definition) is 0. The largest absolute Gasteiger partial charge is 0.294 e. The van der Waals surface area contributed by atoms with Gasteiger partial charge in [0, 0.05) is 18.4 Å². The Bertz CT molecular complexity index is 385. The highest BCUT2D eigenvalue weighted by Crippen LogP contribution is 2.13. The normalized spacial score (nSPS) is 11.8. The Kier molecular flexibility index (Phi) is 4.12. The number of benzene rings is 1. The molecule has 0 aliphatic carbocycles. The lowest BCUT2D eigenvalue weighted by atomic mass is 9.97. The Morgan fingerprint density at radius 1 is 1.53 bits per heavy atom. The lowest BCUT2D eigenvalue weighted by molar-refractivity contribution is 0.0965. The van der Waals surface area contributed by atoms with E-state index < -0.39 is 0 Å². The molecule has 0 heterocycles. The van der Waals surface area contributed by atoms with Gasteiger partial charge in [0.15, 0.2) is 5.78 Å². The number of ketones is 1. The lowest BCUT2D eigenvalue weighted by Crippen LogP contribution is -2.05. The third kappa shape index (κ3) is 3.59. The van der Waals surface area contributed by atoms with Crippen LogP contribution in [-0.4, -0.2) is 5.78 Å². The highest BCUT2D eigenvalue weighted by molar-refractivity contribution is 5.96. The molecule has 1 nitrogen and oxygen atoms in total. The zero-order valence-corrected chi connectivity index (χ0v) is 9.29. The molecule has 0 saturated carbocycles. The van der Waals surface area contributed by atoms with Crippen molar-refractivity contribution in [1.82, 2.24) is 0 Å². The lowest BCUT2D eigenvalue weighted by Gasteiger charge is -2.06. The molecule has 1 heteroatoms. The molecule has 0 bridgehead atoms. The van der Waals surface area contributed by atoms with Gasteiger partial charge >= 0.3 is 0 Å². The third-order valence-corrected chi connectivity index (χ3v) is 2.34. The molecule has 0 saturated heterocycles. The van der Waals surface area contributed by atoms with Gasteiger partial charge in [-0.3, -0.25) is 4.79 Å². The van der Waals surface area contributed by atoms with Gasteiger partial charge in [-0.2, -0.15) is 0 Å². The molecular weight excluding hydrogens is 184 g/mol. The number of terminal acetylenes is 1. The summed E-state index contributed by atoms with van der Waals surface area (Å²) in [4.78, 5) is 11.8. The Morgan fingerprint density at radius 2 is 2.27 bits per heavy atom. The Labute approximate surface area is 91.5 Å². The summed E-state index contributed by atoms with van der Waals surface area (Å²) in [5.41, 5.74) is 1.91. The number of Topliss-reactive ketones (excluding diaryl/α,β-unsaturated/α-hetero) is 1. The monoisotopic (exact) mass is 200 g/mol. The van der Waals surface area contributed by atoms with Crippen LogP contribution in [0.2, 0.25) is 0 Å². The number of rotatable bonds is 4. The topological polar surface area (TPSA) is 17.1 Å². The van der Waals surface area contributed by atoms with E-state index in [0.29, 0.717) is 12.8 Å². The molecule has 1 aromatic rings. The smallest absolute Gasteiger partial charge is 0.163 e. The number of carbonyl (C=O) groups is 1. The van der Waals surface area contributed by atoms with Gasteiger partial charge in [0.25, 0.3) is 0 Å². The molecule has 0 aromatic heterocycles. The highest BCUT2D eigenvalue weighted by Gasteiger charge is 2.10. The standard InChI is InChI=1S/C14H16O/c1-4-6-11(2)10-14(15)13-8-5-7-12(3)9-13/h1,5,7-9,11H,6,10H2,2-3H3. The minimum absolute atomic E-state index is 0.182. The van der Waals surface area contributed by atoms with E-state index in [2.05, 4.69) is 5.92 Å². The van der Waals surface area contributed by atoms with E-state index in [1.54, 1.807) is 0 Å². The second kappa shape index (κ2) is 5.36. The second-order valence-electron chi connectivity index (χ2n) is 4.01. The van der Waals surface area contributed by atoms with Crippen LogP contribution in [-0.2, 0) is 0 Å². The Hall–Kier alpha value is -1.55. The number of aryl methyl sites for hydroxylation is 1. The fourth-order valence-electron chi connectivity index (χ4n) is 1.53. The average Bonchev–Trinajstić information content (AvgIpc) is 2.18. The predicted molar refractivity (Wildman–Crippen MR) is 62.7 cm³/mol. The van der Waals surface area contributed by atoms with Crippen LogP contribution in [0.5, 0.6) is 0 Å². The van der Waals surface area contributed by atoms with Crippen molar-refractivity contribution in [2.45, 2.75) is 26.7 Å². The summed E-state index contributed by atoms with van der Waals surface area (Å²) in [5.74, 6) is 3.03. The molecule has 0 radical (unpaired) electrons. The SMILES string of the molecule is C#CCC(C)CC(=O)c1cccc(C)c1. The molecule has 15 heavy (non-hydrogen) atoms. The van der Waals surface area contributed by atoms with E-state index in [4.69, 9.17) is 6.42 Å². The predicted octanol–water partition coefficient (Wildman–Crippen LogP) is 3.23. The molecule has 0 N–H and O–H groups in total. The maximum absolute atomic E-state index is 11.8. The first kappa shape index (κ1) is 11.5. The van der Waals surface area contributed by atoms with Gasteiger partial charge in [0.05, 0.1) is 0 Å². The molecule has 0 amide bonds. The summed E-state index contributed by atoms with van der Waals surface area (Å²) < 4.78 is 0. The molecule has 1 aromatic carbocycles. The van der Waals surface area contributed by atoms with Crippen molar-refractivity contribution in [3.8, 4) is 12.3 Å². The van der Waals surface area contributed by atoms with Crippen LogP contribution in [0.15, 0.2) is 24.3 Å². The van der Waals surface area contributed by atoms with Crippen LogP contribution >= 0.6 is 0 Å². The zero-order valence-electron chi connectivity index (χ0n) is 9.29. The van der Waals surface area contributed by atoms with Gasteiger partial charge in [0.2, 0.25) is 0 Å². The van der Waals surface area contributed by atoms with Crippen molar-refractivity contribution >= 4 is 5.78 Å². The molecule has 0 fully saturated rings. The maximum atomic E-state index is 11.8. The molecule has 78 valence electrons. The van der Waals surface area contributed by atoms with E-state index in [0.717, 1.165) is 11.1 Å². The fraction of sp³-hybridized carbons (Fsp3) is 0.357. The number of carbonyl (C=O) groups excluding carboxylic acids is 1. The minimum Gasteiger partial charge on any atom is -0.294 e. The van der Waals surface area contributed by atoms with Crippen LogP contribution < -0.4 is 0 Å². The van der Waals surface area contributed by atoms with Crippen molar-refractivity contribution in [2.75, 3.05) is 0 Å². The van der Waals surface area contributed by atoms with Crippen molar-refractivity contribution in [3.05, 3.63) is 35.4 Å². The molecule has 0 aliphatic heterocycles. The summed E-state index contributed by atoms with van der Waals surface area (Å²) in [7, 11) is 0. The van der Waals surface area contributed by atoms with Crippen LogP contribution in [0.1, 0.15) is 35.7 Å². The first-order valence-electron chi connectivity index (χ1n) is 5.17. The van der Waals surface area contributed by atoms with E-state index in [-0.39, 0.29) is 11.7 Å². The molecule has 1 atom stereocenters. The van der Waals surface area contributed by atoms with Crippen LogP contribution in [0.25, 0.3) is 0 Å². The second-order valence-corrected chi connectivity index (χ2v) is 4.01. The summed E-state index contributed by atoms with van der Waals surface area (Å²) >= 11 is 0. The maximum Gasteiger partial charge on any atom is 0.163 e. The Morgan fingerprint density at radius 3 is 2.87 bits per heavy atom. The van der Waals surface area contributed by atoms with Crippen LogP contribution in [0, 0.1) is 25.2 Å². The zero-order chi connectivity index (χ0) is 11.3. The van der Waals surface area contributed by atoms with E-state index >= 15 is 0 Å². The number of hydrogen-bond acceptors (Lipinski definition) is 1. The summed E-state index contributed by atoms with van der Waals surface area (Å²) in [6.45, 7) is 4.00. The quantitative estimate of drug-likeness (QED) is 0.538. The molecule has 0 aliphatic rings. The summed E-state index contributed by atoms with van der Waals surface area (Å²) in [5, 5.41) is 0. The van der Waals surface area contributed by atoms with Crippen LogP contribution in [0.4, 0.5) is 0 Å². The molecule has 0 spiro atoms. The van der Waals surface area contributed by atoms with Crippen LogP contribution in [0.3, 0.4) is 0 Å². The van der Waals surface area contributed by atoms with Gasteiger partial charge in [-0.15, -0.1) is 12.3 Å². The molecular formula is C14H16O. The average molecular weight is 200 g/mol. The molecule has 1 rings (SSSR count). The summed E-state index contributed by atoms with van der Waals surface area (Å²) in [6, 6.07) is 7.68.